The van der Waals surface area contributed by atoms with Gasteiger partial charge in [0.15, 0.2) is 0 Å². The number of hydrogen-bond donors (Lipinski definition) is 3. The summed E-state index contributed by atoms with van der Waals surface area (Å²) < 4.78 is 0.666. The van der Waals surface area contributed by atoms with E-state index in [4.69, 9.17) is 5.73 Å². The van der Waals surface area contributed by atoms with Gasteiger partial charge in [-0.1, -0.05) is 0 Å². The van der Waals surface area contributed by atoms with E-state index in [1.165, 1.54) is 6.20 Å². The molecule has 0 atom stereocenters. The maximum atomic E-state index is 11.4. The van der Waals surface area contributed by atoms with Crippen LogP contribution in [0, 0.1) is 0 Å². The van der Waals surface area contributed by atoms with E-state index in [9.17, 15) is 4.79 Å². The molecule has 0 saturated carbocycles. The van der Waals surface area contributed by atoms with Crippen LogP contribution in [0.4, 0.5) is 11.8 Å². The van der Waals surface area contributed by atoms with E-state index in [1.54, 1.807) is 0 Å². The van der Waals surface area contributed by atoms with E-state index in [2.05, 4.69) is 36.5 Å². The molecule has 88 valence electrons. The van der Waals surface area contributed by atoms with Crippen molar-refractivity contribution in [2.24, 2.45) is 0 Å². The van der Waals surface area contributed by atoms with Gasteiger partial charge in [-0.25, -0.2) is 4.98 Å². The van der Waals surface area contributed by atoms with Crippen LogP contribution in [-0.4, -0.2) is 28.5 Å². The van der Waals surface area contributed by atoms with Crippen LogP contribution in [0.5, 0.6) is 0 Å². The molecule has 1 aromatic rings. The molecule has 0 unspecified atom stereocenters. The lowest BCUT2D eigenvalue weighted by atomic mass is 10.4. The second kappa shape index (κ2) is 5.64. The SMILES string of the molecule is CC(C)NC(=O)CNc1nc(N)ncc1Br. The number of amides is 1. The van der Waals surface area contributed by atoms with Gasteiger partial charge in [-0.15, -0.1) is 0 Å². The van der Waals surface area contributed by atoms with Crippen LogP contribution >= 0.6 is 15.9 Å². The fourth-order valence-electron chi connectivity index (χ4n) is 1.04. The number of rotatable bonds is 4. The second-order valence-electron chi connectivity index (χ2n) is 3.50. The first-order chi connectivity index (χ1) is 7.49. The minimum absolute atomic E-state index is 0.0981. The number of nitrogens with one attached hydrogen (secondary N) is 2. The van der Waals surface area contributed by atoms with Gasteiger partial charge in [0.25, 0.3) is 0 Å². The van der Waals surface area contributed by atoms with Crippen LogP contribution in [0.1, 0.15) is 13.8 Å². The maximum Gasteiger partial charge on any atom is 0.239 e. The summed E-state index contributed by atoms with van der Waals surface area (Å²) in [6.45, 7) is 3.94. The topological polar surface area (TPSA) is 92.9 Å². The Morgan fingerprint density at radius 3 is 2.94 bits per heavy atom. The average Bonchev–Trinajstić information content (AvgIpc) is 2.18. The molecule has 0 radical (unpaired) electrons. The molecule has 0 aliphatic carbocycles. The Labute approximate surface area is 102 Å². The minimum Gasteiger partial charge on any atom is -0.368 e. The highest BCUT2D eigenvalue weighted by Crippen LogP contribution is 2.18. The summed E-state index contributed by atoms with van der Waals surface area (Å²) in [6, 6.07) is 0.119. The molecular formula is C9H14BrN5O. The number of nitrogens with two attached hydrogens (primary N) is 1. The number of nitrogen functional groups attached to an aromatic ring is 1. The summed E-state index contributed by atoms with van der Waals surface area (Å²) >= 11 is 3.26. The standard InChI is InChI=1S/C9H14BrN5O/c1-5(2)14-7(16)4-12-8-6(10)3-13-9(11)15-8/h3,5H,4H2,1-2H3,(H,14,16)(H3,11,12,13,15). The lowest BCUT2D eigenvalue weighted by molar-refractivity contribution is -0.119. The van der Waals surface area contributed by atoms with E-state index in [0.29, 0.717) is 10.3 Å². The fraction of sp³-hybridized carbons (Fsp3) is 0.444. The number of aromatic nitrogens is 2. The zero-order chi connectivity index (χ0) is 12.1. The van der Waals surface area contributed by atoms with Crippen molar-refractivity contribution in [3.63, 3.8) is 0 Å². The first kappa shape index (κ1) is 12.7. The molecule has 1 rings (SSSR count). The molecule has 1 aromatic heterocycles. The molecular weight excluding hydrogens is 274 g/mol. The normalized spacial score (nSPS) is 10.2. The molecule has 1 heterocycles. The Kier molecular flexibility index (Phi) is 4.48. The van der Waals surface area contributed by atoms with Gasteiger partial charge in [-0.3, -0.25) is 4.79 Å². The van der Waals surface area contributed by atoms with Gasteiger partial charge >= 0.3 is 0 Å². The van der Waals surface area contributed by atoms with Crippen molar-refractivity contribution in [1.82, 2.24) is 15.3 Å². The molecule has 0 saturated heterocycles. The number of carbonyl (C=O) groups is 1. The van der Waals surface area contributed by atoms with Crippen molar-refractivity contribution >= 4 is 33.6 Å². The molecule has 0 aliphatic rings. The number of carbonyl (C=O) groups excluding carboxylic acids is 1. The average molecular weight is 288 g/mol. The highest BCUT2D eigenvalue weighted by atomic mass is 79.9. The lowest BCUT2D eigenvalue weighted by Crippen LogP contribution is -2.35. The van der Waals surface area contributed by atoms with Crippen molar-refractivity contribution in [3.8, 4) is 0 Å². The Hall–Kier alpha value is -1.37. The van der Waals surface area contributed by atoms with Crippen LogP contribution < -0.4 is 16.4 Å². The summed E-state index contributed by atoms with van der Waals surface area (Å²) in [4.78, 5) is 19.1. The molecule has 6 nitrogen and oxygen atoms in total. The quantitative estimate of drug-likeness (QED) is 0.760. The van der Waals surface area contributed by atoms with Gasteiger partial charge in [0, 0.05) is 12.2 Å². The maximum absolute atomic E-state index is 11.4. The number of nitrogens with zero attached hydrogens (tertiary/aromatic N) is 2. The third kappa shape index (κ3) is 4.01. The van der Waals surface area contributed by atoms with E-state index in [0.717, 1.165) is 0 Å². The largest absolute Gasteiger partial charge is 0.368 e. The van der Waals surface area contributed by atoms with Gasteiger partial charge in [-0.2, -0.15) is 4.98 Å². The van der Waals surface area contributed by atoms with Crippen molar-refractivity contribution in [2.75, 3.05) is 17.6 Å². The zero-order valence-electron chi connectivity index (χ0n) is 9.12. The minimum atomic E-state index is -0.0981. The van der Waals surface area contributed by atoms with E-state index in [1.807, 2.05) is 13.8 Å². The fourth-order valence-corrected chi connectivity index (χ4v) is 1.37. The number of anilines is 2. The zero-order valence-corrected chi connectivity index (χ0v) is 10.7. The Morgan fingerprint density at radius 2 is 2.31 bits per heavy atom. The van der Waals surface area contributed by atoms with Crippen molar-refractivity contribution in [1.29, 1.82) is 0 Å². The molecule has 0 spiro atoms. The summed E-state index contributed by atoms with van der Waals surface area (Å²) in [6.07, 6.45) is 1.53. The van der Waals surface area contributed by atoms with Gasteiger partial charge in [0.2, 0.25) is 11.9 Å². The monoisotopic (exact) mass is 287 g/mol. The van der Waals surface area contributed by atoms with Crippen LogP contribution in [-0.2, 0) is 4.79 Å². The van der Waals surface area contributed by atoms with Crippen LogP contribution in [0.15, 0.2) is 10.7 Å². The predicted octanol–water partition coefficient (Wildman–Crippen LogP) is 0.758. The van der Waals surface area contributed by atoms with E-state index < -0.39 is 0 Å². The molecule has 0 aromatic carbocycles. The molecule has 0 aliphatic heterocycles. The molecule has 7 heteroatoms. The highest BCUT2D eigenvalue weighted by molar-refractivity contribution is 9.10. The van der Waals surface area contributed by atoms with E-state index in [-0.39, 0.29) is 24.4 Å². The second-order valence-corrected chi connectivity index (χ2v) is 4.35. The molecule has 16 heavy (non-hydrogen) atoms. The smallest absolute Gasteiger partial charge is 0.239 e. The summed E-state index contributed by atoms with van der Waals surface area (Å²) in [5.41, 5.74) is 5.43. The van der Waals surface area contributed by atoms with Crippen LogP contribution in [0.25, 0.3) is 0 Å². The Balaban J connectivity index is 2.54. The van der Waals surface area contributed by atoms with Crippen molar-refractivity contribution < 1.29 is 4.79 Å². The molecule has 0 fully saturated rings. The summed E-state index contributed by atoms with van der Waals surface area (Å²) in [7, 11) is 0. The highest BCUT2D eigenvalue weighted by Gasteiger charge is 2.06. The summed E-state index contributed by atoms with van der Waals surface area (Å²) in [5.74, 6) is 0.570. The van der Waals surface area contributed by atoms with Gasteiger partial charge < -0.3 is 16.4 Å². The van der Waals surface area contributed by atoms with E-state index >= 15 is 0 Å². The Bertz CT molecular complexity index is 382. The first-order valence-electron chi connectivity index (χ1n) is 4.80. The van der Waals surface area contributed by atoms with Gasteiger partial charge in [0.05, 0.1) is 11.0 Å². The third-order valence-electron chi connectivity index (χ3n) is 1.63. The Morgan fingerprint density at radius 1 is 1.62 bits per heavy atom. The van der Waals surface area contributed by atoms with Crippen molar-refractivity contribution in [2.45, 2.75) is 19.9 Å². The van der Waals surface area contributed by atoms with Gasteiger partial charge in [-0.05, 0) is 29.8 Å². The third-order valence-corrected chi connectivity index (χ3v) is 2.21. The van der Waals surface area contributed by atoms with Crippen LogP contribution in [0.3, 0.4) is 0 Å². The molecule has 4 N–H and O–H groups in total. The first-order valence-corrected chi connectivity index (χ1v) is 5.59. The lowest BCUT2D eigenvalue weighted by Gasteiger charge is -2.10. The predicted molar refractivity (Wildman–Crippen MR) is 65.9 cm³/mol. The number of hydrogen-bond acceptors (Lipinski definition) is 5. The summed E-state index contributed by atoms with van der Waals surface area (Å²) in [5, 5.41) is 5.62. The van der Waals surface area contributed by atoms with Gasteiger partial charge in [0.1, 0.15) is 5.82 Å². The van der Waals surface area contributed by atoms with Crippen molar-refractivity contribution in [3.05, 3.63) is 10.7 Å². The molecule has 1 amide bonds. The molecule has 0 bridgehead atoms. The van der Waals surface area contributed by atoms with Crippen LogP contribution in [0.2, 0.25) is 0 Å². The number of halogens is 1.